The van der Waals surface area contributed by atoms with E-state index in [1.165, 1.54) is 26.0 Å². The summed E-state index contributed by atoms with van der Waals surface area (Å²) in [6.07, 6.45) is 0. The highest BCUT2D eigenvalue weighted by Gasteiger charge is 2.23. The number of benzene rings is 1. The molecule has 3 N–H and O–H groups in total. The second-order valence-electron chi connectivity index (χ2n) is 4.03. The summed E-state index contributed by atoms with van der Waals surface area (Å²) in [6.45, 7) is 2.87. The monoisotopic (exact) mass is 289 g/mol. The molecule has 88 valence electrons. The fourth-order valence-electron chi connectivity index (χ4n) is 1.35. The number of rotatable bonds is 3. The molecule has 1 aromatic carbocycles. The molecular formula is C11H13BrFNO2. The Balaban J connectivity index is 3.14. The summed E-state index contributed by atoms with van der Waals surface area (Å²) in [5, 5.41) is 8.74. The lowest BCUT2D eigenvalue weighted by molar-refractivity contribution is -0.138. The predicted molar refractivity (Wildman–Crippen MR) is 62.8 cm³/mol. The molecule has 1 rings (SSSR count). The second-order valence-corrected chi connectivity index (χ2v) is 4.88. The summed E-state index contributed by atoms with van der Waals surface area (Å²) < 4.78 is 14.2. The Bertz CT molecular complexity index is 415. The van der Waals surface area contributed by atoms with E-state index < -0.39 is 17.7 Å². The number of aliphatic carboxylic acids is 1. The molecule has 5 heteroatoms. The number of hydrogen-bond donors (Lipinski definition) is 2. The molecule has 0 amide bonds. The van der Waals surface area contributed by atoms with Gasteiger partial charge < -0.3 is 10.8 Å². The molecule has 0 bridgehead atoms. The Morgan fingerprint density at radius 1 is 1.56 bits per heavy atom. The summed E-state index contributed by atoms with van der Waals surface area (Å²) in [5.74, 6) is -1.11. The van der Waals surface area contributed by atoms with E-state index >= 15 is 0 Å². The van der Waals surface area contributed by atoms with Crippen LogP contribution in [-0.4, -0.2) is 11.1 Å². The highest BCUT2D eigenvalue weighted by molar-refractivity contribution is 9.10. The molecule has 0 radical (unpaired) electrons. The average molecular weight is 290 g/mol. The van der Waals surface area contributed by atoms with E-state index in [2.05, 4.69) is 15.9 Å². The van der Waals surface area contributed by atoms with Crippen LogP contribution < -0.4 is 5.73 Å². The van der Waals surface area contributed by atoms with E-state index in [4.69, 9.17) is 10.8 Å². The van der Waals surface area contributed by atoms with Gasteiger partial charge >= 0.3 is 5.97 Å². The van der Waals surface area contributed by atoms with Crippen LogP contribution in [0, 0.1) is 0 Å². The van der Waals surface area contributed by atoms with Crippen molar-refractivity contribution in [2.24, 2.45) is 5.73 Å². The summed E-state index contributed by atoms with van der Waals surface area (Å²) in [6, 6.07) is 3.52. The molecule has 16 heavy (non-hydrogen) atoms. The van der Waals surface area contributed by atoms with Gasteiger partial charge in [-0.3, -0.25) is 4.79 Å². The highest BCUT2D eigenvalue weighted by Crippen LogP contribution is 2.32. The Morgan fingerprint density at radius 2 is 2.12 bits per heavy atom. The predicted octanol–water partition coefficient (Wildman–Crippen LogP) is 2.74. The number of carbonyl (C=O) groups is 1. The van der Waals surface area contributed by atoms with Crippen LogP contribution in [0.2, 0.25) is 0 Å². The first-order chi connectivity index (χ1) is 7.23. The van der Waals surface area contributed by atoms with Crippen molar-refractivity contribution in [1.82, 2.24) is 0 Å². The smallest absolute Gasteiger partial charge is 0.325 e. The fourth-order valence-corrected chi connectivity index (χ4v) is 2.22. The molecule has 1 aromatic rings. The molecule has 3 nitrogen and oxygen atoms in total. The van der Waals surface area contributed by atoms with Crippen LogP contribution >= 0.6 is 15.9 Å². The standard InChI is InChI=1S/C11H13BrFNO2/c1-11(2,13)7-4-3-6(5-8(7)12)9(14)10(15)16/h3-5,9H,14H2,1-2H3,(H,15,16). The van der Waals surface area contributed by atoms with Crippen molar-refractivity contribution in [3.05, 3.63) is 33.8 Å². The number of hydrogen-bond acceptors (Lipinski definition) is 2. The minimum Gasteiger partial charge on any atom is -0.480 e. The summed E-state index contributed by atoms with van der Waals surface area (Å²) >= 11 is 3.21. The molecule has 0 fully saturated rings. The highest BCUT2D eigenvalue weighted by atomic mass is 79.9. The van der Waals surface area contributed by atoms with Crippen molar-refractivity contribution in [3.8, 4) is 0 Å². The Kier molecular flexibility index (Phi) is 3.70. The maximum Gasteiger partial charge on any atom is 0.325 e. The lowest BCUT2D eigenvalue weighted by Gasteiger charge is -2.18. The van der Waals surface area contributed by atoms with Gasteiger partial charge in [-0.15, -0.1) is 0 Å². The van der Waals surface area contributed by atoms with Crippen LogP contribution in [0.25, 0.3) is 0 Å². The van der Waals surface area contributed by atoms with Gasteiger partial charge in [0.2, 0.25) is 0 Å². The molecule has 0 aliphatic heterocycles. The molecule has 0 aliphatic carbocycles. The average Bonchev–Trinajstić information content (AvgIpc) is 2.14. The van der Waals surface area contributed by atoms with E-state index in [-0.39, 0.29) is 0 Å². The van der Waals surface area contributed by atoms with Gasteiger partial charge in [0.25, 0.3) is 0 Å². The number of carboxylic acids is 1. The molecule has 0 spiro atoms. The molecule has 1 unspecified atom stereocenters. The van der Waals surface area contributed by atoms with Crippen LogP contribution in [0.5, 0.6) is 0 Å². The lowest BCUT2D eigenvalue weighted by atomic mass is 9.97. The van der Waals surface area contributed by atoms with Gasteiger partial charge in [0, 0.05) is 10.0 Å². The van der Waals surface area contributed by atoms with Crippen molar-refractivity contribution in [2.75, 3.05) is 0 Å². The lowest BCUT2D eigenvalue weighted by Crippen LogP contribution is -2.21. The summed E-state index contributed by atoms with van der Waals surface area (Å²) in [5.41, 5.74) is 4.87. The zero-order valence-electron chi connectivity index (χ0n) is 9.00. The van der Waals surface area contributed by atoms with Crippen molar-refractivity contribution in [3.63, 3.8) is 0 Å². The number of carboxylic acid groups (broad SMARTS) is 1. The first kappa shape index (κ1) is 13.1. The topological polar surface area (TPSA) is 63.3 Å². The van der Waals surface area contributed by atoms with Gasteiger partial charge in [-0.2, -0.15) is 0 Å². The van der Waals surface area contributed by atoms with Crippen LogP contribution in [-0.2, 0) is 10.5 Å². The van der Waals surface area contributed by atoms with E-state index in [1.807, 2.05) is 0 Å². The van der Waals surface area contributed by atoms with Gasteiger partial charge in [-0.1, -0.05) is 28.1 Å². The zero-order chi connectivity index (χ0) is 12.5. The van der Waals surface area contributed by atoms with E-state index in [9.17, 15) is 9.18 Å². The number of halogens is 2. The third-order valence-corrected chi connectivity index (χ3v) is 2.91. The molecule has 0 aromatic heterocycles. The summed E-state index contributed by atoms with van der Waals surface area (Å²) in [7, 11) is 0. The van der Waals surface area contributed by atoms with Crippen molar-refractivity contribution < 1.29 is 14.3 Å². The van der Waals surface area contributed by atoms with E-state index in [0.717, 1.165) is 0 Å². The Hall–Kier alpha value is -0.940. The van der Waals surface area contributed by atoms with Crippen molar-refractivity contribution in [1.29, 1.82) is 0 Å². The molecule has 0 heterocycles. The van der Waals surface area contributed by atoms with Gasteiger partial charge in [0.1, 0.15) is 11.7 Å². The fraction of sp³-hybridized carbons (Fsp3) is 0.364. The number of alkyl halides is 1. The number of nitrogens with two attached hydrogens (primary N) is 1. The molecule has 0 saturated carbocycles. The van der Waals surface area contributed by atoms with Gasteiger partial charge in [0.15, 0.2) is 0 Å². The van der Waals surface area contributed by atoms with Gasteiger partial charge in [-0.25, -0.2) is 4.39 Å². The SMILES string of the molecule is CC(C)(F)c1ccc(C(N)C(=O)O)cc1Br. The maximum atomic E-state index is 13.7. The van der Waals surface area contributed by atoms with E-state index in [1.54, 1.807) is 6.07 Å². The Labute approximate surface area is 102 Å². The minimum atomic E-state index is -1.48. The van der Waals surface area contributed by atoms with Crippen molar-refractivity contribution >= 4 is 21.9 Å². The maximum absolute atomic E-state index is 13.7. The van der Waals surface area contributed by atoms with Gasteiger partial charge in [0.05, 0.1) is 0 Å². The first-order valence-electron chi connectivity index (χ1n) is 4.70. The van der Waals surface area contributed by atoms with Crippen LogP contribution in [0.15, 0.2) is 22.7 Å². The third-order valence-electron chi connectivity index (χ3n) is 2.26. The first-order valence-corrected chi connectivity index (χ1v) is 5.50. The second kappa shape index (κ2) is 4.51. The van der Waals surface area contributed by atoms with Crippen LogP contribution in [0.4, 0.5) is 4.39 Å². The molecule has 1 atom stereocenters. The zero-order valence-corrected chi connectivity index (χ0v) is 10.6. The third kappa shape index (κ3) is 2.80. The molecule has 0 saturated heterocycles. The molecule has 0 aliphatic rings. The molecular weight excluding hydrogens is 277 g/mol. The van der Waals surface area contributed by atoms with Crippen LogP contribution in [0.1, 0.15) is 31.0 Å². The van der Waals surface area contributed by atoms with Gasteiger partial charge in [-0.05, 0) is 25.5 Å². The minimum absolute atomic E-state index is 0.437. The quantitative estimate of drug-likeness (QED) is 0.899. The van der Waals surface area contributed by atoms with Crippen LogP contribution in [0.3, 0.4) is 0 Å². The summed E-state index contributed by atoms with van der Waals surface area (Å²) in [4.78, 5) is 10.7. The van der Waals surface area contributed by atoms with E-state index in [0.29, 0.717) is 15.6 Å². The Morgan fingerprint density at radius 3 is 2.50 bits per heavy atom. The normalized spacial score (nSPS) is 13.6. The van der Waals surface area contributed by atoms with Crippen molar-refractivity contribution in [2.45, 2.75) is 25.6 Å². The largest absolute Gasteiger partial charge is 0.480 e.